The first-order chi connectivity index (χ1) is 10.5. The van der Waals surface area contributed by atoms with Crippen LogP contribution in [0.3, 0.4) is 0 Å². The number of hydrogen-bond donors (Lipinski definition) is 1. The molecule has 0 aromatic heterocycles. The van der Waals surface area contributed by atoms with Crippen LogP contribution in [0.4, 0.5) is 4.79 Å². The number of rotatable bonds is 3. The average molecular weight is 341 g/mol. The summed E-state index contributed by atoms with van der Waals surface area (Å²) in [6.07, 6.45) is 6.16. The number of carbonyl (C=O) groups is 1. The molecule has 3 nitrogen and oxygen atoms in total. The van der Waals surface area contributed by atoms with E-state index in [4.69, 9.17) is 23.2 Å². The minimum absolute atomic E-state index is 0.0785. The van der Waals surface area contributed by atoms with E-state index in [9.17, 15) is 4.79 Å². The van der Waals surface area contributed by atoms with Gasteiger partial charge in [0.25, 0.3) is 0 Å². The summed E-state index contributed by atoms with van der Waals surface area (Å²) in [4.78, 5) is 14.5. The molecule has 22 heavy (non-hydrogen) atoms. The van der Waals surface area contributed by atoms with Crippen molar-refractivity contribution in [1.29, 1.82) is 0 Å². The van der Waals surface area contributed by atoms with Gasteiger partial charge in [-0.2, -0.15) is 0 Å². The molecule has 1 heterocycles. The third-order valence-corrected chi connectivity index (χ3v) is 5.63. The summed E-state index contributed by atoms with van der Waals surface area (Å²) in [5.41, 5.74) is 0.914. The second-order valence-corrected chi connectivity index (χ2v) is 7.50. The summed E-state index contributed by atoms with van der Waals surface area (Å²) in [6, 6.07) is 6.02. The Bertz CT molecular complexity index is 572. The lowest BCUT2D eigenvalue weighted by molar-refractivity contribution is 0.148. The third-order valence-electron chi connectivity index (χ3n) is 5.04. The normalized spacial score (nSPS) is 23.2. The van der Waals surface area contributed by atoms with Crippen molar-refractivity contribution in [2.24, 2.45) is 0 Å². The van der Waals surface area contributed by atoms with E-state index in [1.54, 1.807) is 6.07 Å². The average Bonchev–Trinajstić information content (AvgIpc) is 2.85. The molecule has 1 saturated carbocycles. The fourth-order valence-corrected chi connectivity index (χ4v) is 3.99. The molecular weight excluding hydrogens is 319 g/mol. The van der Waals surface area contributed by atoms with Crippen molar-refractivity contribution in [2.75, 3.05) is 6.54 Å². The van der Waals surface area contributed by atoms with Crippen LogP contribution >= 0.6 is 23.2 Å². The minimum atomic E-state index is -0.142. The van der Waals surface area contributed by atoms with Crippen molar-refractivity contribution in [3.63, 3.8) is 0 Å². The highest BCUT2D eigenvalue weighted by Gasteiger charge is 2.40. The van der Waals surface area contributed by atoms with Crippen molar-refractivity contribution in [3.8, 4) is 0 Å². The number of nitrogens with one attached hydrogen (secondary N) is 1. The minimum Gasteiger partial charge on any atom is -0.332 e. The summed E-state index contributed by atoms with van der Waals surface area (Å²) < 4.78 is 0. The van der Waals surface area contributed by atoms with E-state index in [0.717, 1.165) is 50.6 Å². The summed E-state index contributed by atoms with van der Waals surface area (Å²) in [5, 5.41) is 4.62. The molecule has 5 heteroatoms. The predicted molar refractivity (Wildman–Crippen MR) is 90.7 cm³/mol. The summed E-state index contributed by atoms with van der Waals surface area (Å²) in [6.45, 7) is 2.99. The van der Waals surface area contributed by atoms with Gasteiger partial charge >= 0.3 is 6.03 Å². The maximum Gasteiger partial charge on any atom is 0.318 e. The zero-order chi connectivity index (χ0) is 15.7. The monoisotopic (exact) mass is 340 g/mol. The van der Waals surface area contributed by atoms with E-state index >= 15 is 0 Å². The zero-order valence-electron chi connectivity index (χ0n) is 12.9. The zero-order valence-corrected chi connectivity index (χ0v) is 14.4. The lowest BCUT2D eigenvalue weighted by Gasteiger charge is -2.44. The van der Waals surface area contributed by atoms with Crippen LogP contribution in [0.1, 0.15) is 44.6 Å². The molecule has 3 rings (SSSR count). The van der Waals surface area contributed by atoms with Crippen LogP contribution in [0, 0.1) is 0 Å². The molecule has 0 radical (unpaired) electrons. The fraction of sp³-hybridized carbons (Fsp3) is 0.588. The fourth-order valence-electron chi connectivity index (χ4n) is 3.51. The van der Waals surface area contributed by atoms with Gasteiger partial charge in [0.2, 0.25) is 0 Å². The molecule has 1 aliphatic carbocycles. The van der Waals surface area contributed by atoms with Crippen LogP contribution in [0.2, 0.25) is 10.0 Å². The lowest BCUT2D eigenvalue weighted by atomic mass is 9.73. The molecule has 1 N–H and O–H groups in total. The topological polar surface area (TPSA) is 32.3 Å². The molecule has 2 amide bonds. The van der Waals surface area contributed by atoms with Gasteiger partial charge in [-0.25, -0.2) is 4.79 Å². The van der Waals surface area contributed by atoms with Crippen LogP contribution in [0.15, 0.2) is 18.2 Å². The Hall–Kier alpha value is -0.930. The molecule has 0 bridgehead atoms. The molecular formula is C17H22Cl2N2O. The summed E-state index contributed by atoms with van der Waals surface area (Å²) in [7, 11) is 0. The Labute approximate surface area is 142 Å². The van der Waals surface area contributed by atoms with Crippen molar-refractivity contribution in [3.05, 3.63) is 33.8 Å². The Morgan fingerprint density at radius 3 is 2.68 bits per heavy atom. The molecule has 2 fully saturated rings. The Morgan fingerprint density at radius 1 is 1.36 bits per heavy atom. The Balaban J connectivity index is 1.70. The van der Waals surface area contributed by atoms with E-state index in [2.05, 4.69) is 12.2 Å². The van der Waals surface area contributed by atoms with Gasteiger partial charge in [0.1, 0.15) is 0 Å². The van der Waals surface area contributed by atoms with Gasteiger partial charge in [-0.05, 0) is 63.1 Å². The van der Waals surface area contributed by atoms with E-state index in [0.29, 0.717) is 16.1 Å². The van der Waals surface area contributed by atoms with Crippen molar-refractivity contribution >= 4 is 29.2 Å². The molecule has 1 aliphatic heterocycles. The standard InChI is InChI=1S/C17H22Cl2N2O/c1-12-4-2-9-21(12)16(22)20-17(7-3-8-17)11-13-5-6-14(18)10-15(13)19/h5-6,10,12H,2-4,7-9,11H2,1H3,(H,20,22). The molecule has 1 unspecified atom stereocenters. The maximum absolute atomic E-state index is 12.6. The number of likely N-dealkylation sites (tertiary alicyclic amines) is 1. The van der Waals surface area contributed by atoms with Crippen molar-refractivity contribution in [2.45, 2.75) is 57.0 Å². The second-order valence-electron chi connectivity index (χ2n) is 6.66. The van der Waals surface area contributed by atoms with Gasteiger partial charge < -0.3 is 10.2 Å². The quantitative estimate of drug-likeness (QED) is 0.853. The van der Waals surface area contributed by atoms with E-state index in [1.165, 1.54) is 0 Å². The van der Waals surface area contributed by atoms with Crippen LogP contribution in [-0.4, -0.2) is 29.1 Å². The molecule has 1 aromatic rings. The predicted octanol–water partition coefficient (Wildman–Crippen LogP) is 4.65. The first kappa shape index (κ1) is 15.9. The Morgan fingerprint density at radius 2 is 2.14 bits per heavy atom. The number of benzene rings is 1. The smallest absolute Gasteiger partial charge is 0.318 e. The van der Waals surface area contributed by atoms with Gasteiger partial charge in [0.05, 0.1) is 0 Å². The van der Waals surface area contributed by atoms with E-state index in [1.807, 2.05) is 17.0 Å². The first-order valence-corrected chi connectivity index (χ1v) is 8.77. The highest BCUT2D eigenvalue weighted by Crippen LogP contribution is 2.37. The highest BCUT2D eigenvalue weighted by atomic mass is 35.5. The van der Waals surface area contributed by atoms with E-state index < -0.39 is 0 Å². The van der Waals surface area contributed by atoms with Gasteiger partial charge in [-0.1, -0.05) is 29.3 Å². The van der Waals surface area contributed by atoms with Gasteiger partial charge in [-0.15, -0.1) is 0 Å². The maximum atomic E-state index is 12.6. The number of hydrogen-bond acceptors (Lipinski definition) is 1. The molecule has 1 atom stereocenters. The SMILES string of the molecule is CC1CCCN1C(=O)NC1(Cc2ccc(Cl)cc2Cl)CCC1. The number of amides is 2. The van der Waals surface area contributed by atoms with Gasteiger partial charge in [-0.3, -0.25) is 0 Å². The lowest BCUT2D eigenvalue weighted by Crippen LogP contribution is -2.58. The Kier molecular flexibility index (Phi) is 4.56. The number of nitrogens with zero attached hydrogens (tertiary/aromatic N) is 1. The van der Waals surface area contributed by atoms with Gasteiger partial charge in [0.15, 0.2) is 0 Å². The van der Waals surface area contributed by atoms with Crippen molar-refractivity contribution in [1.82, 2.24) is 10.2 Å². The van der Waals surface area contributed by atoms with Gasteiger partial charge in [0, 0.05) is 28.2 Å². The van der Waals surface area contributed by atoms with Crippen LogP contribution in [0.25, 0.3) is 0 Å². The molecule has 0 spiro atoms. The number of carbonyl (C=O) groups excluding carboxylic acids is 1. The van der Waals surface area contributed by atoms with Crippen molar-refractivity contribution < 1.29 is 4.79 Å². The number of halogens is 2. The van der Waals surface area contributed by atoms with Crippen LogP contribution < -0.4 is 5.32 Å². The summed E-state index contributed by atoms with van der Waals surface area (Å²) in [5.74, 6) is 0. The second kappa shape index (κ2) is 6.29. The molecule has 1 saturated heterocycles. The number of urea groups is 1. The largest absolute Gasteiger partial charge is 0.332 e. The third kappa shape index (κ3) is 3.21. The van der Waals surface area contributed by atoms with Crippen LogP contribution in [-0.2, 0) is 6.42 Å². The molecule has 120 valence electrons. The molecule has 1 aromatic carbocycles. The van der Waals surface area contributed by atoms with Crippen LogP contribution in [0.5, 0.6) is 0 Å². The first-order valence-electron chi connectivity index (χ1n) is 8.02. The summed E-state index contributed by atoms with van der Waals surface area (Å²) >= 11 is 12.3. The highest BCUT2D eigenvalue weighted by molar-refractivity contribution is 6.35. The van der Waals surface area contributed by atoms with E-state index in [-0.39, 0.29) is 11.6 Å². The molecule has 2 aliphatic rings.